The summed E-state index contributed by atoms with van der Waals surface area (Å²) in [5, 5.41) is 4.73. The van der Waals surface area contributed by atoms with Gasteiger partial charge in [-0.3, -0.25) is 4.79 Å². The predicted molar refractivity (Wildman–Crippen MR) is 137 cm³/mol. The molecular formula is C27H30N6O. The molecule has 1 fully saturated rings. The topological polar surface area (TPSA) is 86.8 Å². The second-order valence-corrected chi connectivity index (χ2v) is 9.36. The highest BCUT2D eigenvalue weighted by Crippen LogP contribution is 2.35. The van der Waals surface area contributed by atoms with Gasteiger partial charge in [0.1, 0.15) is 11.6 Å². The highest BCUT2D eigenvalue weighted by Gasteiger charge is 2.23. The molecule has 7 heteroatoms. The fraction of sp³-hybridized carbons (Fsp3) is 0.333. The SMILES string of the molecule is Cc1ncc(-c2cc3cc[nH]c(=O)c3c(Nc3ccc(C4CCC(N(C)C)CC4)cc3)n2)cn1. The quantitative estimate of drug-likeness (QED) is 0.440. The van der Waals surface area contributed by atoms with E-state index >= 15 is 0 Å². The molecule has 0 bridgehead atoms. The molecule has 34 heavy (non-hydrogen) atoms. The molecule has 3 heterocycles. The molecule has 0 unspecified atom stereocenters. The molecule has 3 aromatic heterocycles. The molecule has 5 rings (SSSR count). The minimum atomic E-state index is -0.173. The molecule has 0 atom stereocenters. The average molecular weight is 455 g/mol. The first-order valence-electron chi connectivity index (χ1n) is 11.8. The summed E-state index contributed by atoms with van der Waals surface area (Å²) in [5.41, 5.74) is 3.63. The van der Waals surface area contributed by atoms with Crippen molar-refractivity contribution in [1.82, 2.24) is 24.8 Å². The summed E-state index contributed by atoms with van der Waals surface area (Å²) in [5.74, 6) is 1.83. The molecule has 2 N–H and O–H groups in total. The molecule has 4 aromatic rings. The maximum absolute atomic E-state index is 12.7. The van der Waals surface area contributed by atoms with Crippen molar-refractivity contribution in [3.05, 3.63) is 76.7 Å². The van der Waals surface area contributed by atoms with E-state index in [1.807, 2.05) is 19.1 Å². The smallest absolute Gasteiger partial charge is 0.259 e. The number of aromatic nitrogens is 4. The number of aryl methyl sites for hydroxylation is 1. The number of H-pyrrole nitrogens is 1. The van der Waals surface area contributed by atoms with Crippen molar-refractivity contribution in [3.63, 3.8) is 0 Å². The average Bonchev–Trinajstić information content (AvgIpc) is 2.85. The summed E-state index contributed by atoms with van der Waals surface area (Å²) in [6.07, 6.45) is 10.1. The zero-order valence-electron chi connectivity index (χ0n) is 19.9. The maximum atomic E-state index is 12.7. The first kappa shape index (κ1) is 22.2. The van der Waals surface area contributed by atoms with E-state index in [0.717, 1.165) is 22.3 Å². The van der Waals surface area contributed by atoms with Gasteiger partial charge in [0, 0.05) is 35.9 Å². The van der Waals surface area contributed by atoms with Crippen LogP contribution in [-0.2, 0) is 0 Å². The third-order valence-electron chi connectivity index (χ3n) is 6.90. The summed E-state index contributed by atoms with van der Waals surface area (Å²) >= 11 is 0. The predicted octanol–water partition coefficient (Wildman–Crippen LogP) is 5.02. The van der Waals surface area contributed by atoms with Crippen molar-refractivity contribution >= 4 is 22.3 Å². The van der Waals surface area contributed by atoms with Crippen LogP contribution in [0.25, 0.3) is 22.0 Å². The summed E-state index contributed by atoms with van der Waals surface area (Å²) in [4.78, 5) is 31.1. The van der Waals surface area contributed by atoms with Crippen LogP contribution >= 0.6 is 0 Å². The number of fused-ring (bicyclic) bond motifs is 1. The molecule has 1 aliphatic carbocycles. The van der Waals surface area contributed by atoms with Gasteiger partial charge in [0.05, 0.1) is 11.1 Å². The van der Waals surface area contributed by atoms with E-state index in [4.69, 9.17) is 4.98 Å². The zero-order valence-corrected chi connectivity index (χ0v) is 19.9. The van der Waals surface area contributed by atoms with E-state index in [9.17, 15) is 4.79 Å². The van der Waals surface area contributed by atoms with Crippen molar-refractivity contribution in [2.45, 2.75) is 44.6 Å². The van der Waals surface area contributed by atoms with Crippen LogP contribution in [-0.4, -0.2) is 45.0 Å². The van der Waals surface area contributed by atoms with Crippen molar-refractivity contribution < 1.29 is 0 Å². The molecule has 0 amide bonds. The Morgan fingerprint density at radius 2 is 1.71 bits per heavy atom. The van der Waals surface area contributed by atoms with Gasteiger partial charge in [-0.1, -0.05) is 12.1 Å². The monoisotopic (exact) mass is 454 g/mol. The van der Waals surface area contributed by atoms with Gasteiger partial charge in [-0.2, -0.15) is 0 Å². The Hall–Kier alpha value is -3.58. The van der Waals surface area contributed by atoms with Crippen LogP contribution in [0.5, 0.6) is 0 Å². The fourth-order valence-corrected chi connectivity index (χ4v) is 4.88. The molecule has 7 nitrogen and oxygen atoms in total. The van der Waals surface area contributed by atoms with Crippen LogP contribution in [0.2, 0.25) is 0 Å². The molecule has 1 aliphatic rings. The molecule has 1 aromatic carbocycles. The van der Waals surface area contributed by atoms with Crippen molar-refractivity contribution in [2.75, 3.05) is 19.4 Å². The second kappa shape index (κ2) is 9.35. The third kappa shape index (κ3) is 4.56. The summed E-state index contributed by atoms with van der Waals surface area (Å²) in [6.45, 7) is 1.85. The van der Waals surface area contributed by atoms with Crippen LogP contribution in [0.1, 0.15) is 43.0 Å². The van der Waals surface area contributed by atoms with E-state index in [-0.39, 0.29) is 5.56 Å². The van der Waals surface area contributed by atoms with Gasteiger partial charge >= 0.3 is 0 Å². The number of aromatic amines is 1. The van der Waals surface area contributed by atoms with Gasteiger partial charge in [0.25, 0.3) is 5.56 Å². The van der Waals surface area contributed by atoms with Crippen molar-refractivity contribution in [3.8, 4) is 11.3 Å². The van der Waals surface area contributed by atoms with E-state index in [1.54, 1.807) is 18.6 Å². The minimum absolute atomic E-state index is 0.173. The first-order chi connectivity index (χ1) is 16.5. The molecule has 0 radical (unpaired) electrons. The van der Waals surface area contributed by atoms with Crippen LogP contribution in [0.3, 0.4) is 0 Å². The summed E-state index contributed by atoms with van der Waals surface area (Å²) in [6, 6.07) is 13.0. The summed E-state index contributed by atoms with van der Waals surface area (Å²) < 4.78 is 0. The van der Waals surface area contributed by atoms with Crippen LogP contribution < -0.4 is 10.9 Å². The Morgan fingerprint density at radius 3 is 2.38 bits per heavy atom. The van der Waals surface area contributed by atoms with Gasteiger partial charge in [0.2, 0.25) is 0 Å². The normalized spacial score (nSPS) is 18.4. The lowest BCUT2D eigenvalue weighted by Gasteiger charge is -2.32. The number of rotatable bonds is 5. The van der Waals surface area contributed by atoms with Gasteiger partial charge in [-0.25, -0.2) is 15.0 Å². The second-order valence-electron chi connectivity index (χ2n) is 9.36. The standard InChI is InChI=1S/C27H30N6O/c1-17-29-15-21(16-30-17)24-14-20-12-13-28-27(34)25(20)26(32-24)31-22-8-4-18(5-9-22)19-6-10-23(11-7-19)33(2)3/h4-5,8-9,12-16,19,23H,6-7,10-11H2,1-3H3,(H,28,34)(H,31,32). The van der Waals surface area contributed by atoms with Crippen LogP contribution in [0, 0.1) is 6.92 Å². The van der Waals surface area contributed by atoms with Gasteiger partial charge in [0.15, 0.2) is 0 Å². The molecule has 174 valence electrons. The fourth-order valence-electron chi connectivity index (χ4n) is 4.88. The number of pyridine rings is 2. The number of nitrogens with one attached hydrogen (secondary N) is 2. The third-order valence-corrected chi connectivity index (χ3v) is 6.90. The highest BCUT2D eigenvalue weighted by molar-refractivity contribution is 5.95. The Morgan fingerprint density at radius 1 is 1.00 bits per heavy atom. The number of hydrogen-bond donors (Lipinski definition) is 2. The van der Waals surface area contributed by atoms with E-state index < -0.39 is 0 Å². The van der Waals surface area contributed by atoms with Gasteiger partial charge in [-0.05, 0) is 87.8 Å². The Kier molecular flexibility index (Phi) is 6.11. The molecule has 0 saturated heterocycles. The lowest BCUT2D eigenvalue weighted by atomic mass is 9.81. The highest BCUT2D eigenvalue weighted by atomic mass is 16.1. The number of anilines is 2. The number of hydrogen-bond acceptors (Lipinski definition) is 6. The minimum Gasteiger partial charge on any atom is -0.340 e. The van der Waals surface area contributed by atoms with Gasteiger partial charge in [-0.15, -0.1) is 0 Å². The molecule has 1 saturated carbocycles. The van der Waals surface area contributed by atoms with Crippen molar-refractivity contribution in [1.29, 1.82) is 0 Å². The number of nitrogens with zero attached hydrogens (tertiary/aromatic N) is 4. The Bertz CT molecular complexity index is 1340. The summed E-state index contributed by atoms with van der Waals surface area (Å²) in [7, 11) is 4.35. The lowest BCUT2D eigenvalue weighted by molar-refractivity contribution is 0.216. The number of benzene rings is 1. The molecule has 0 spiro atoms. The molecular weight excluding hydrogens is 424 g/mol. The van der Waals surface area contributed by atoms with E-state index in [1.165, 1.54) is 31.2 Å². The molecule has 0 aliphatic heterocycles. The Labute approximate surface area is 199 Å². The van der Waals surface area contributed by atoms with Crippen molar-refractivity contribution in [2.24, 2.45) is 0 Å². The van der Waals surface area contributed by atoms with E-state index in [0.29, 0.717) is 29.0 Å². The van der Waals surface area contributed by atoms with E-state index in [2.05, 4.69) is 63.5 Å². The van der Waals surface area contributed by atoms with Gasteiger partial charge < -0.3 is 15.2 Å². The largest absolute Gasteiger partial charge is 0.340 e. The van der Waals surface area contributed by atoms with Crippen LogP contribution in [0.15, 0.2) is 59.8 Å². The maximum Gasteiger partial charge on any atom is 0.259 e. The zero-order chi connectivity index (χ0) is 23.7. The first-order valence-corrected chi connectivity index (χ1v) is 11.8. The Balaban J connectivity index is 1.43. The lowest BCUT2D eigenvalue weighted by Crippen LogP contribution is -2.31. The van der Waals surface area contributed by atoms with Crippen LogP contribution in [0.4, 0.5) is 11.5 Å².